The van der Waals surface area contributed by atoms with Gasteiger partial charge in [0.2, 0.25) is 10.0 Å². The van der Waals surface area contributed by atoms with Crippen LogP contribution in [0.4, 0.5) is 0 Å². The average Bonchev–Trinajstić information content (AvgIpc) is 3.19. The van der Waals surface area contributed by atoms with Crippen LogP contribution in [0.25, 0.3) is 0 Å². The maximum absolute atomic E-state index is 12.6. The summed E-state index contributed by atoms with van der Waals surface area (Å²) in [6.07, 6.45) is 3.28. The summed E-state index contributed by atoms with van der Waals surface area (Å²) in [6, 6.07) is 13.7. The van der Waals surface area contributed by atoms with Gasteiger partial charge in [-0.2, -0.15) is 9.41 Å². The van der Waals surface area contributed by atoms with E-state index in [4.69, 9.17) is 0 Å². The van der Waals surface area contributed by atoms with Gasteiger partial charge in [0.05, 0.1) is 11.1 Å². The molecule has 0 saturated carbocycles. The highest BCUT2D eigenvalue weighted by atomic mass is 32.2. The number of hydrazone groups is 1. The van der Waals surface area contributed by atoms with E-state index in [-0.39, 0.29) is 10.5 Å². The van der Waals surface area contributed by atoms with Gasteiger partial charge < -0.3 is 0 Å². The summed E-state index contributed by atoms with van der Waals surface area (Å²) in [4.78, 5) is 12.4. The first-order valence-electron chi connectivity index (χ1n) is 8.47. The molecule has 0 aromatic heterocycles. The summed E-state index contributed by atoms with van der Waals surface area (Å²) < 4.78 is 26.7. The minimum Gasteiger partial charge on any atom is -0.267 e. The van der Waals surface area contributed by atoms with Crippen molar-refractivity contribution in [2.45, 2.75) is 24.7 Å². The van der Waals surface area contributed by atoms with Gasteiger partial charge in [-0.05, 0) is 43.5 Å². The highest BCUT2D eigenvalue weighted by Crippen LogP contribution is 2.21. The molecule has 1 heterocycles. The van der Waals surface area contributed by atoms with Crippen LogP contribution in [-0.4, -0.2) is 37.9 Å². The van der Waals surface area contributed by atoms with Gasteiger partial charge in [0.25, 0.3) is 5.91 Å². The number of hydrogen-bond acceptors (Lipinski definition) is 4. The molecule has 1 saturated heterocycles. The number of benzene rings is 2. The number of rotatable bonds is 5. The minimum atomic E-state index is -3.55. The van der Waals surface area contributed by atoms with Crippen LogP contribution in [0.1, 0.15) is 34.3 Å². The molecule has 1 N–H and O–H groups in total. The Kier molecular flexibility index (Phi) is 5.49. The fourth-order valence-electron chi connectivity index (χ4n) is 2.76. The Morgan fingerprint density at radius 2 is 1.81 bits per heavy atom. The van der Waals surface area contributed by atoms with Crippen LogP contribution >= 0.6 is 0 Å². The van der Waals surface area contributed by atoms with Crippen LogP contribution in [0.3, 0.4) is 0 Å². The maximum Gasteiger partial charge on any atom is 0.271 e. The van der Waals surface area contributed by atoms with Crippen molar-refractivity contribution in [2.24, 2.45) is 5.10 Å². The maximum atomic E-state index is 12.6. The zero-order valence-corrected chi connectivity index (χ0v) is 15.4. The van der Waals surface area contributed by atoms with E-state index in [1.54, 1.807) is 18.3 Å². The minimum absolute atomic E-state index is 0.134. The Labute approximate surface area is 153 Å². The van der Waals surface area contributed by atoms with Gasteiger partial charge in [-0.15, -0.1) is 0 Å². The number of carbonyl (C=O) groups is 1. The highest BCUT2D eigenvalue weighted by Gasteiger charge is 2.27. The van der Waals surface area contributed by atoms with Crippen molar-refractivity contribution in [3.63, 3.8) is 0 Å². The Bertz CT molecular complexity index is 915. The van der Waals surface area contributed by atoms with E-state index >= 15 is 0 Å². The largest absolute Gasteiger partial charge is 0.271 e. The van der Waals surface area contributed by atoms with Gasteiger partial charge in [-0.25, -0.2) is 13.8 Å². The Morgan fingerprint density at radius 1 is 1.12 bits per heavy atom. The van der Waals surface area contributed by atoms with Gasteiger partial charge >= 0.3 is 0 Å². The highest BCUT2D eigenvalue weighted by molar-refractivity contribution is 7.89. The molecule has 1 aliphatic heterocycles. The number of carbonyl (C=O) groups excluding carboxylic acids is 1. The molecule has 0 spiro atoms. The van der Waals surface area contributed by atoms with E-state index in [0.29, 0.717) is 13.1 Å². The van der Waals surface area contributed by atoms with Crippen molar-refractivity contribution in [1.82, 2.24) is 9.73 Å². The SMILES string of the molecule is Cc1ccc(/C=N/NC(=O)c2cccc(S(=O)(=O)N3CCCC3)c2)cc1. The van der Waals surface area contributed by atoms with Crippen LogP contribution in [0.15, 0.2) is 58.5 Å². The number of hydrogen-bond donors (Lipinski definition) is 1. The van der Waals surface area contributed by atoms with Crippen LogP contribution in [0, 0.1) is 6.92 Å². The van der Waals surface area contributed by atoms with Gasteiger partial charge in [-0.3, -0.25) is 4.79 Å². The molecular weight excluding hydrogens is 350 g/mol. The second kappa shape index (κ2) is 7.80. The molecule has 7 heteroatoms. The van der Waals surface area contributed by atoms with Crippen molar-refractivity contribution >= 4 is 22.1 Å². The number of nitrogens with zero attached hydrogens (tertiary/aromatic N) is 2. The van der Waals surface area contributed by atoms with E-state index in [0.717, 1.165) is 24.0 Å². The Hall–Kier alpha value is -2.51. The first-order chi connectivity index (χ1) is 12.5. The standard InChI is InChI=1S/C19H21N3O3S/c1-15-7-9-16(10-8-15)14-20-21-19(23)17-5-4-6-18(13-17)26(24,25)22-11-2-3-12-22/h4-10,13-14H,2-3,11-12H2,1H3,(H,21,23)/b20-14+. The molecule has 2 aromatic rings. The Balaban J connectivity index is 1.71. The number of sulfonamides is 1. The molecule has 6 nitrogen and oxygen atoms in total. The average molecular weight is 371 g/mol. The quantitative estimate of drug-likeness (QED) is 0.648. The van der Waals surface area contributed by atoms with Gasteiger partial charge in [-0.1, -0.05) is 35.9 Å². The van der Waals surface area contributed by atoms with Gasteiger partial charge in [0.15, 0.2) is 0 Å². The monoisotopic (exact) mass is 371 g/mol. The lowest BCUT2D eigenvalue weighted by atomic mass is 10.2. The molecule has 0 radical (unpaired) electrons. The van der Waals surface area contributed by atoms with E-state index in [9.17, 15) is 13.2 Å². The van der Waals surface area contributed by atoms with E-state index in [2.05, 4.69) is 10.5 Å². The van der Waals surface area contributed by atoms with Crippen LogP contribution in [0.5, 0.6) is 0 Å². The molecule has 0 atom stereocenters. The molecule has 0 bridgehead atoms. The lowest BCUT2D eigenvalue weighted by Crippen LogP contribution is -2.28. The molecule has 136 valence electrons. The third-order valence-electron chi connectivity index (χ3n) is 4.26. The molecule has 0 aliphatic carbocycles. The third kappa shape index (κ3) is 4.17. The number of aryl methyl sites for hydroxylation is 1. The predicted molar refractivity (Wildman–Crippen MR) is 101 cm³/mol. The van der Waals surface area contributed by atoms with Gasteiger partial charge in [0.1, 0.15) is 0 Å². The number of nitrogens with one attached hydrogen (secondary N) is 1. The summed E-state index contributed by atoms with van der Waals surface area (Å²) in [5, 5.41) is 3.93. The van der Waals surface area contributed by atoms with Crippen molar-refractivity contribution in [1.29, 1.82) is 0 Å². The molecule has 0 unspecified atom stereocenters. The summed E-state index contributed by atoms with van der Waals surface area (Å²) in [6.45, 7) is 3.05. The summed E-state index contributed by atoms with van der Waals surface area (Å²) in [5.41, 5.74) is 4.69. The fraction of sp³-hybridized carbons (Fsp3) is 0.263. The zero-order valence-electron chi connectivity index (χ0n) is 14.6. The lowest BCUT2D eigenvalue weighted by molar-refractivity contribution is 0.0955. The van der Waals surface area contributed by atoms with Crippen molar-refractivity contribution in [2.75, 3.05) is 13.1 Å². The van der Waals surface area contributed by atoms with Crippen molar-refractivity contribution in [3.8, 4) is 0 Å². The molecule has 2 aromatic carbocycles. The molecule has 1 amide bonds. The first kappa shape index (κ1) is 18.3. The van der Waals surface area contributed by atoms with Gasteiger partial charge in [0, 0.05) is 18.7 Å². The smallest absolute Gasteiger partial charge is 0.267 e. The number of amides is 1. The molecule has 3 rings (SSSR count). The Morgan fingerprint density at radius 3 is 2.50 bits per heavy atom. The fourth-order valence-corrected chi connectivity index (χ4v) is 4.32. The lowest BCUT2D eigenvalue weighted by Gasteiger charge is -2.15. The van der Waals surface area contributed by atoms with E-state index in [1.807, 2.05) is 31.2 Å². The third-order valence-corrected chi connectivity index (χ3v) is 6.15. The van der Waals surface area contributed by atoms with E-state index < -0.39 is 15.9 Å². The van der Waals surface area contributed by atoms with Crippen LogP contribution in [-0.2, 0) is 10.0 Å². The second-order valence-electron chi connectivity index (χ2n) is 6.25. The topological polar surface area (TPSA) is 78.8 Å². The van der Waals surface area contributed by atoms with E-state index in [1.165, 1.54) is 16.4 Å². The normalized spacial score (nSPS) is 15.4. The second-order valence-corrected chi connectivity index (χ2v) is 8.19. The van der Waals surface area contributed by atoms with Crippen LogP contribution in [0.2, 0.25) is 0 Å². The summed E-state index contributed by atoms with van der Waals surface area (Å²) >= 11 is 0. The van der Waals surface area contributed by atoms with Crippen LogP contribution < -0.4 is 5.43 Å². The molecular formula is C19H21N3O3S. The zero-order chi connectivity index (χ0) is 18.6. The summed E-state index contributed by atoms with van der Waals surface area (Å²) in [5.74, 6) is -0.452. The molecule has 1 aliphatic rings. The predicted octanol–water partition coefficient (Wildman–Crippen LogP) is 2.54. The van der Waals surface area contributed by atoms with Crippen molar-refractivity contribution < 1.29 is 13.2 Å². The first-order valence-corrected chi connectivity index (χ1v) is 9.91. The molecule has 26 heavy (non-hydrogen) atoms. The molecule has 1 fully saturated rings. The van der Waals surface area contributed by atoms with Crippen molar-refractivity contribution in [3.05, 3.63) is 65.2 Å². The summed E-state index contributed by atoms with van der Waals surface area (Å²) in [7, 11) is -3.55.